The summed E-state index contributed by atoms with van der Waals surface area (Å²) in [5.74, 6) is -0.612. The third-order valence-electron chi connectivity index (χ3n) is 5.99. The maximum Gasteiger partial charge on any atom is 0.408 e. The van der Waals surface area contributed by atoms with Crippen LogP contribution in [0.5, 0.6) is 0 Å². The Hall–Kier alpha value is -4.40. The monoisotopic (exact) mass is 503 g/mol. The van der Waals surface area contributed by atoms with Crippen molar-refractivity contribution in [2.24, 2.45) is 7.05 Å². The number of hydrogen-bond donors (Lipinski definition) is 1. The zero-order chi connectivity index (χ0) is 26.9. The molecule has 9 nitrogen and oxygen atoms in total. The van der Waals surface area contributed by atoms with E-state index in [0.29, 0.717) is 16.6 Å². The number of para-hydroxylation sites is 1. The van der Waals surface area contributed by atoms with E-state index in [1.54, 1.807) is 51.1 Å². The second-order valence-electron chi connectivity index (χ2n) is 9.71. The summed E-state index contributed by atoms with van der Waals surface area (Å²) < 4.78 is 12.8. The quantitative estimate of drug-likeness (QED) is 0.418. The van der Waals surface area contributed by atoms with Crippen LogP contribution in [0.3, 0.4) is 0 Å². The summed E-state index contributed by atoms with van der Waals surface area (Å²) in [6.07, 6.45) is -0.595. The summed E-state index contributed by atoms with van der Waals surface area (Å²) >= 11 is 0. The Morgan fingerprint density at radius 2 is 1.57 bits per heavy atom. The molecule has 0 fully saturated rings. The zero-order valence-corrected chi connectivity index (χ0v) is 21.4. The molecular weight excluding hydrogens is 474 g/mol. The van der Waals surface area contributed by atoms with Crippen LogP contribution in [0.2, 0.25) is 0 Å². The highest BCUT2D eigenvalue weighted by atomic mass is 16.6. The van der Waals surface area contributed by atoms with Crippen LogP contribution in [0, 0.1) is 0 Å². The van der Waals surface area contributed by atoms with Gasteiger partial charge in [-0.15, -0.1) is 0 Å². The topological polar surface area (TPSA) is 109 Å². The smallest absolute Gasteiger partial charge is 0.408 e. The number of methoxy groups -OCH3 is 1. The molecule has 192 valence electrons. The van der Waals surface area contributed by atoms with E-state index in [2.05, 4.69) is 5.32 Å². The van der Waals surface area contributed by atoms with Crippen LogP contribution >= 0.6 is 0 Å². The lowest BCUT2D eigenvalue weighted by Crippen LogP contribution is -2.45. The molecule has 0 unspecified atom stereocenters. The van der Waals surface area contributed by atoms with E-state index in [9.17, 15) is 19.2 Å². The van der Waals surface area contributed by atoms with Crippen molar-refractivity contribution < 1.29 is 19.1 Å². The maximum absolute atomic E-state index is 13.3. The summed E-state index contributed by atoms with van der Waals surface area (Å²) in [5, 5.41) is 4.55. The number of carbonyl (C=O) groups is 2. The number of alkyl carbamates (subject to hydrolysis) is 1. The molecule has 9 heteroatoms. The van der Waals surface area contributed by atoms with E-state index in [0.717, 1.165) is 20.9 Å². The van der Waals surface area contributed by atoms with E-state index in [1.165, 1.54) is 18.7 Å². The Morgan fingerprint density at radius 3 is 2.27 bits per heavy atom. The van der Waals surface area contributed by atoms with Crippen LogP contribution in [-0.4, -0.2) is 39.9 Å². The van der Waals surface area contributed by atoms with E-state index in [1.807, 2.05) is 30.3 Å². The third kappa shape index (κ3) is 5.11. The molecule has 37 heavy (non-hydrogen) atoms. The lowest BCUT2D eigenvalue weighted by atomic mass is 9.97. The molecule has 0 saturated carbocycles. The number of amides is 1. The number of nitrogens with zero attached hydrogens (tertiary/aromatic N) is 2. The van der Waals surface area contributed by atoms with Crippen molar-refractivity contribution in [3.63, 3.8) is 0 Å². The molecule has 0 aliphatic heterocycles. The fourth-order valence-electron chi connectivity index (χ4n) is 4.34. The summed E-state index contributed by atoms with van der Waals surface area (Å²) in [5.41, 5.74) is 0.268. The molecule has 1 aromatic heterocycles. The van der Waals surface area contributed by atoms with Crippen LogP contribution in [0.4, 0.5) is 4.79 Å². The van der Waals surface area contributed by atoms with Gasteiger partial charge in [0.05, 0.1) is 23.7 Å². The van der Waals surface area contributed by atoms with Crippen LogP contribution in [0.15, 0.2) is 70.3 Å². The number of ether oxygens (including phenoxy) is 2. The number of aromatic nitrogens is 2. The molecule has 1 heterocycles. The summed E-state index contributed by atoms with van der Waals surface area (Å²) in [4.78, 5) is 50.9. The molecule has 0 saturated heterocycles. The van der Waals surface area contributed by atoms with Crippen molar-refractivity contribution >= 4 is 33.7 Å². The van der Waals surface area contributed by atoms with Crippen LogP contribution in [0.25, 0.3) is 27.4 Å². The first-order valence-corrected chi connectivity index (χ1v) is 11.8. The lowest BCUT2D eigenvalue weighted by molar-refractivity contribution is -0.143. The number of rotatable bonds is 5. The van der Waals surface area contributed by atoms with Gasteiger partial charge in [-0.2, -0.15) is 0 Å². The minimum Gasteiger partial charge on any atom is -0.467 e. The number of esters is 1. The van der Waals surface area contributed by atoms with Crippen molar-refractivity contribution in [2.45, 2.75) is 38.8 Å². The van der Waals surface area contributed by atoms with E-state index >= 15 is 0 Å². The van der Waals surface area contributed by atoms with Crippen molar-refractivity contribution in [1.29, 1.82) is 0 Å². The van der Waals surface area contributed by atoms with Gasteiger partial charge in [0.1, 0.15) is 11.6 Å². The zero-order valence-electron chi connectivity index (χ0n) is 21.4. The molecule has 0 radical (unpaired) electrons. The van der Waals surface area contributed by atoms with Gasteiger partial charge >= 0.3 is 17.8 Å². The van der Waals surface area contributed by atoms with Crippen molar-refractivity contribution in [2.75, 3.05) is 7.11 Å². The van der Waals surface area contributed by atoms with Gasteiger partial charge in [0.2, 0.25) is 0 Å². The molecule has 4 aromatic rings. The van der Waals surface area contributed by atoms with E-state index in [-0.39, 0.29) is 12.0 Å². The Balaban J connectivity index is 1.84. The van der Waals surface area contributed by atoms with Gasteiger partial charge in [0, 0.05) is 18.9 Å². The van der Waals surface area contributed by atoms with Crippen LogP contribution < -0.4 is 16.6 Å². The number of fused-ring (bicyclic) bond motifs is 2. The highest BCUT2D eigenvalue weighted by Crippen LogP contribution is 2.27. The Bertz CT molecular complexity index is 1630. The molecule has 0 bridgehead atoms. The molecule has 1 atom stereocenters. The molecule has 0 aliphatic carbocycles. The summed E-state index contributed by atoms with van der Waals surface area (Å²) in [6.45, 7) is 5.20. The van der Waals surface area contributed by atoms with Gasteiger partial charge in [-0.1, -0.05) is 42.5 Å². The molecule has 3 aromatic carbocycles. The highest BCUT2D eigenvalue weighted by Gasteiger charge is 2.26. The normalized spacial score (nSPS) is 12.4. The van der Waals surface area contributed by atoms with Crippen molar-refractivity contribution in [3.8, 4) is 5.69 Å². The Morgan fingerprint density at radius 1 is 0.919 bits per heavy atom. The van der Waals surface area contributed by atoms with Crippen LogP contribution in [0.1, 0.15) is 26.3 Å². The lowest BCUT2D eigenvalue weighted by Gasteiger charge is -2.23. The van der Waals surface area contributed by atoms with Gasteiger partial charge in [-0.3, -0.25) is 13.9 Å². The molecular formula is C28H29N3O6. The fraction of sp³-hybridized carbons (Fsp3) is 0.286. The fourth-order valence-corrected chi connectivity index (χ4v) is 4.34. The summed E-state index contributed by atoms with van der Waals surface area (Å²) in [6, 6.07) is 17.0. The van der Waals surface area contributed by atoms with Gasteiger partial charge < -0.3 is 14.8 Å². The Labute approximate surface area is 213 Å². The minimum absolute atomic E-state index is 0.135. The third-order valence-corrected chi connectivity index (χ3v) is 5.99. The standard InChI is InChI=1S/C28H29N3O6/c1-28(2,3)37-26(34)29-21(25(33)36-5)16-17-10-8-13-19-18(17)12-9-15-22(19)31-23-14-7-6-11-20(23)24(32)30(4)27(31)35/h6-15,21H,16H2,1-5H3,(H,29,34)/t21-/m0/s1. The maximum atomic E-state index is 13.3. The first-order valence-electron chi connectivity index (χ1n) is 11.8. The predicted molar refractivity (Wildman–Crippen MR) is 141 cm³/mol. The molecule has 0 spiro atoms. The molecule has 4 rings (SSSR count). The van der Waals surface area contributed by atoms with Gasteiger partial charge in [-0.05, 0) is 49.9 Å². The minimum atomic E-state index is -0.991. The highest BCUT2D eigenvalue weighted by molar-refractivity contribution is 5.95. The van der Waals surface area contributed by atoms with Crippen molar-refractivity contribution in [3.05, 3.63) is 87.1 Å². The summed E-state index contributed by atoms with van der Waals surface area (Å²) in [7, 11) is 2.71. The van der Waals surface area contributed by atoms with Gasteiger partial charge in [0.25, 0.3) is 5.56 Å². The van der Waals surface area contributed by atoms with Crippen molar-refractivity contribution in [1.82, 2.24) is 14.5 Å². The van der Waals surface area contributed by atoms with Crippen LogP contribution in [-0.2, 0) is 27.7 Å². The van der Waals surface area contributed by atoms with Gasteiger partial charge in [0.15, 0.2) is 0 Å². The molecule has 1 amide bonds. The first-order chi connectivity index (χ1) is 17.5. The number of hydrogen-bond acceptors (Lipinski definition) is 6. The first kappa shape index (κ1) is 25.7. The molecule has 1 N–H and O–H groups in total. The predicted octanol–water partition coefficient (Wildman–Crippen LogP) is 3.45. The Kier molecular flexibility index (Phi) is 6.89. The second-order valence-corrected chi connectivity index (χ2v) is 9.71. The second kappa shape index (κ2) is 9.93. The molecule has 0 aliphatic rings. The largest absolute Gasteiger partial charge is 0.467 e. The number of benzene rings is 3. The van der Waals surface area contributed by atoms with E-state index in [4.69, 9.17) is 9.47 Å². The number of nitrogens with one attached hydrogen (secondary N) is 1. The van der Waals surface area contributed by atoms with E-state index < -0.39 is 29.4 Å². The SMILES string of the molecule is COC(=O)[C@H](Cc1cccc2c(-n3c(=O)n(C)c(=O)c4ccccc43)cccc12)NC(=O)OC(C)(C)C. The average molecular weight is 504 g/mol. The van der Waals surface area contributed by atoms with Gasteiger partial charge in [-0.25, -0.2) is 14.4 Å². The number of carbonyl (C=O) groups excluding carboxylic acids is 2. The average Bonchev–Trinajstić information content (AvgIpc) is 2.86.